The van der Waals surface area contributed by atoms with Crippen LogP contribution in [0.25, 0.3) is 0 Å². The van der Waals surface area contributed by atoms with Crippen LogP contribution in [0.15, 0.2) is 51.9 Å². The number of methoxy groups -OCH3 is 1. The Hall–Kier alpha value is -1.37. The van der Waals surface area contributed by atoms with Crippen molar-refractivity contribution in [3.05, 3.63) is 46.9 Å². The summed E-state index contributed by atoms with van der Waals surface area (Å²) < 4.78 is 6.71. The smallest absolute Gasteiger partial charge is 0.160 e. The first kappa shape index (κ1) is 22.9. The Kier molecular flexibility index (Phi) is 10.0. The van der Waals surface area contributed by atoms with Crippen LogP contribution in [-0.2, 0) is 9.53 Å². The van der Waals surface area contributed by atoms with Crippen LogP contribution >= 0.6 is 22.6 Å². The molecule has 2 rings (SSSR count). The highest BCUT2D eigenvalue weighted by atomic mass is 127. The van der Waals surface area contributed by atoms with Crippen LogP contribution in [0.5, 0.6) is 0 Å². The molecule has 0 saturated heterocycles. The summed E-state index contributed by atoms with van der Waals surface area (Å²) in [5, 5.41) is 3.55. The second-order valence-electron chi connectivity index (χ2n) is 7.21. The number of aliphatic imine (C=N–C) groups is 1. The zero-order valence-electron chi connectivity index (χ0n) is 17.4. The number of rotatable bonds is 11. The van der Waals surface area contributed by atoms with Gasteiger partial charge in [-0.2, -0.15) is 0 Å². The minimum absolute atomic E-state index is 0.185. The number of carbonyl (C=O) groups is 1. The number of nitrogens with one attached hydrogen (secondary N) is 1. The third-order valence-corrected chi connectivity index (χ3v) is 6.12. The molecule has 1 unspecified atom stereocenters. The van der Waals surface area contributed by atoms with Crippen molar-refractivity contribution in [3.8, 4) is 0 Å². The number of nitrogens with zero attached hydrogens (tertiary/aromatic N) is 1. The standard InChI is InChI=1S/C23H33IN2O2/c1-4-23(28-3)17(2)21(10-5-6-13-24)25-14-15-26-22-12-11-18-8-7-9-19(27)16-20(18)22/h4,7-9,17,26H,5-6,10-16H2,1-3H3/b23-4+,25-21?. The van der Waals surface area contributed by atoms with Crippen molar-refractivity contribution >= 4 is 34.1 Å². The summed E-state index contributed by atoms with van der Waals surface area (Å²) in [6.07, 6.45) is 13.6. The van der Waals surface area contributed by atoms with Crippen LogP contribution < -0.4 is 5.32 Å². The average molecular weight is 496 g/mol. The number of hydrogen-bond donors (Lipinski definition) is 1. The SMILES string of the molecule is C/C=C(/OC)C(C)C(CCCCI)=NCCNC1=C2CC(=O)C=CC=C2CC1. The van der Waals surface area contributed by atoms with Gasteiger partial charge in [0.2, 0.25) is 0 Å². The molecule has 154 valence electrons. The molecule has 1 atom stereocenters. The van der Waals surface area contributed by atoms with E-state index < -0.39 is 0 Å². The molecule has 0 amide bonds. The second kappa shape index (κ2) is 12.2. The van der Waals surface area contributed by atoms with Crippen LogP contribution in [0.4, 0.5) is 0 Å². The number of halogens is 1. The Balaban J connectivity index is 1.97. The summed E-state index contributed by atoms with van der Waals surface area (Å²) >= 11 is 2.43. The highest BCUT2D eigenvalue weighted by Crippen LogP contribution is 2.33. The molecular formula is C23H33IN2O2. The number of fused-ring (bicyclic) bond motifs is 1. The van der Waals surface area contributed by atoms with Crippen LogP contribution in [-0.4, -0.2) is 36.1 Å². The van der Waals surface area contributed by atoms with E-state index in [1.165, 1.54) is 39.8 Å². The maximum Gasteiger partial charge on any atom is 0.160 e. The molecule has 0 aromatic heterocycles. The third-order valence-electron chi connectivity index (χ3n) is 5.36. The number of alkyl halides is 1. The summed E-state index contributed by atoms with van der Waals surface area (Å²) in [6, 6.07) is 0. The van der Waals surface area contributed by atoms with Gasteiger partial charge in [-0.3, -0.25) is 9.79 Å². The summed E-state index contributed by atoms with van der Waals surface area (Å²) in [6.45, 7) is 5.74. The van der Waals surface area contributed by atoms with Gasteiger partial charge >= 0.3 is 0 Å². The molecule has 0 bridgehead atoms. The molecule has 2 aliphatic carbocycles. The molecule has 28 heavy (non-hydrogen) atoms. The summed E-state index contributed by atoms with van der Waals surface area (Å²) in [7, 11) is 1.73. The number of ether oxygens (including phenoxy) is 1. The van der Waals surface area contributed by atoms with Crippen molar-refractivity contribution in [2.24, 2.45) is 10.9 Å². The molecule has 0 spiro atoms. The topological polar surface area (TPSA) is 50.7 Å². The van der Waals surface area contributed by atoms with Crippen molar-refractivity contribution in [2.75, 3.05) is 24.6 Å². The van der Waals surface area contributed by atoms with E-state index in [1.807, 2.05) is 19.1 Å². The number of allylic oxidation sites excluding steroid dienone is 8. The molecule has 4 nitrogen and oxygen atoms in total. The lowest BCUT2D eigenvalue weighted by Crippen LogP contribution is -2.20. The van der Waals surface area contributed by atoms with Gasteiger partial charge in [-0.1, -0.05) is 41.7 Å². The van der Waals surface area contributed by atoms with Crippen molar-refractivity contribution < 1.29 is 9.53 Å². The number of hydrogen-bond acceptors (Lipinski definition) is 4. The third kappa shape index (κ3) is 6.61. The molecule has 0 aromatic rings. The fourth-order valence-corrected chi connectivity index (χ4v) is 4.35. The van der Waals surface area contributed by atoms with Gasteiger partial charge in [-0.15, -0.1) is 0 Å². The Bertz CT molecular complexity index is 701. The zero-order chi connectivity index (χ0) is 20.4. The monoisotopic (exact) mass is 496 g/mol. The first-order chi connectivity index (χ1) is 13.6. The minimum atomic E-state index is 0.185. The molecule has 0 aliphatic heterocycles. The van der Waals surface area contributed by atoms with Crippen molar-refractivity contribution in [3.63, 3.8) is 0 Å². The number of carbonyl (C=O) groups excluding carboxylic acids is 1. The van der Waals surface area contributed by atoms with Gasteiger partial charge in [0, 0.05) is 24.4 Å². The molecule has 1 N–H and O–H groups in total. The van der Waals surface area contributed by atoms with E-state index in [0.29, 0.717) is 6.42 Å². The number of unbranched alkanes of at least 4 members (excludes halogenated alkanes) is 1. The van der Waals surface area contributed by atoms with E-state index in [0.717, 1.165) is 38.1 Å². The first-order valence-corrected chi connectivity index (χ1v) is 11.8. The Morgan fingerprint density at radius 1 is 1.39 bits per heavy atom. The van der Waals surface area contributed by atoms with E-state index in [1.54, 1.807) is 13.2 Å². The highest BCUT2D eigenvalue weighted by molar-refractivity contribution is 14.1. The molecule has 0 aromatic carbocycles. The van der Waals surface area contributed by atoms with Crippen molar-refractivity contribution in [2.45, 2.75) is 52.4 Å². The predicted molar refractivity (Wildman–Crippen MR) is 126 cm³/mol. The van der Waals surface area contributed by atoms with Gasteiger partial charge < -0.3 is 10.1 Å². The first-order valence-electron chi connectivity index (χ1n) is 10.3. The second-order valence-corrected chi connectivity index (χ2v) is 8.29. The normalized spacial score (nSPS) is 18.7. The molecule has 0 radical (unpaired) electrons. The lowest BCUT2D eigenvalue weighted by Gasteiger charge is -2.18. The van der Waals surface area contributed by atoms with Crippen LogP contribution in [0.3, 0.4) is 0 Å². The van der Waals surface area contributed by atoms with Gasteiger partial charge in [-0.05, 0) is 66.8 Å². The van der Waals surface area contributed by atoms with Gasteiger partial charge in [0.05, 0.1) is 25.3 Å². The van der Waals surface area contributed by atoms with E-state index in [4.69, 9.17) is 9.73 Å². The van der Waals surface area contributed by atoms with Crippen LogP contribution in [0, 0.1) is 5.92 Å². The summed E-state index contributed by atoms with van der Waals surface area (Å²) in [5.74, 6) is 1.39. The fraction of sp³-hybridized carbons (Fsp3) is 0.565. The zero-order valence-corrected chi connectivity index (χ0v) is 19.5. The summed E-state index contributed by atoms with van der Waals surface area (Å²) in [5.41, 5.74) is 4.95. The van der Waals surface area contributed by atoms with Crippen LogP contribution in [0.1, 0.15) is 52.4 Å². The van der Waals surface area contributed by atoms with Gasteiger partial charge in [0.1, 0.15) is 0 Å². The van der Waals surface area contributed by atoms with Gasteiger partial charge in [0.15, 0.2) is 5.78 Å². The van der Waals surface area contributed by atoms with Crippen molar-refractivity contribution in [1.82, 2.24) is 5.32 Å². The predicted octanol–water partition coefficient (Wildman–Crippen LogP) is 5.31. The molecule has 5 heteroatoms. The average Bonchev–Trinajstić information content (AvgIpc) is 2.95. The van der Waals surface area contributed by atoms with E-state index in [9.17, 15) is 4.79 Å². The van der Waals surface area contributed by atoms with Crippen LogP contribution in [0.2, 0.25) is 0 Å². The van der Waals surface area contributed by atoms with E-state index in [2.05, 4.69) is 40.9 Å². The molecule has 2 aliphatic rings. The van der Waals surface area contributed by atoms with E-state index >= 15 is 0 Å². The molecular weight excluding hydrogens is 463 g/mol. The maximum atomic E-state index is 11.9. The molecule has 0 heterocycles. The largest absolute Gasteiger partial charge is 0.501 e. The summed E-state index contributed by atoms with van der Waals surface area (Å²) in [4.78, 5) is 16.8. The quantitative estimate of drug-likeness (QED) is 0.139. The minimum Gasteiger partial charge on any atom is -0.501 e. The Morgan fingerprint density at radius 2 is 2.21 bits per heavy atom. The van der Waals surface area contributed by atoms with Gasteiger partial charge in [0.25, 0.3) is 0 Å². The lowest BCUT2D eigenvalue weighted by molar-refractivity contribution is -0.113. The molecule has 0 saturated carbocycles. The Labute approximate surface area is 183 Å². The Morgan fingerprint density at radius 3 is 2.93 bits per heavy atom. The maximum absolute atomic E-state index is 11.9. The number of ketones is 1. The van der Waals surface area contributed by atoms with Crippen molar-refractivity contribution in [1.29, 1.82) is 0 Å². The molecule has 0 fully saturated rings. The fourth-order valence-electron chi connectivity index (χ4n) is 3.81. The highest BCUT2D eigenvalue weighted by Gasteiger charge is 2.22. The van der Waals surface area contributed by atoms with E-state index in [-0.39, 0.29) is 11.7 Å². The van der Waals surface area contributed by atoms with Gasteiger partial charge in [-0.25, -0.2) is 0 Å². The lowest BCUT2D eigenvalue weighted by atomic mass is 9.98.